The van der Waals surface area contributed by atoms with E-state index in [1.54, 1.807) is 25.3 Å². The molecule has 2 aromatic rings. The summed E-state index contributed by atoms with van der Waals surface area (Å²) in [6.45, 7) is 12.2. The number of nitrogens with one attached hydrogen (secondary N) is 2. The number of nitrogen functional groups attached to an aromatic ring is 1. The zero-order valence-electron chi connectivity index (χ0n) is 26.1. The van der Waals surface area contributed by atoms with Gasteiger partial charge in [-0.15, -0.1) is 0 Å². The third kappa shape index (κ3) is 8.40. The highest BCUT2D eigenvalue weighted by Gasteiger charge is 2.45. The molecule has 43 heavy (non-hydrogen) atoms. The molecule has 0 amide bonds. The van der Waals surface area contributed by atoms with Crippen LogP contribution in [0.15, 0.2) is 6.33 Å². The zero-order chi connectivity index (χ0) is 32.3. The summed E-state index contributed by atoms with van der Waals surface area (Å²) in [5, 5.41) is 16.4. The number of nitrogens with two attached hydrogens (primary N) is 1. The summed E-state index contributed by atoms with van der Waals surface area (Å²) >= 11 is 0. The Labute approximate surface area is 250 Å². The molecule has 242 valence electrons. The highest BCUT2D eigenvalue weighted by atomic mass is 31.2. The molecule has 0 aliphatic carbocycles. The van der Waals surface area contributed by atoms with Crippen LogP contribution in [0.1, 0.15) is 54.7 Å². The van der Waals surface area contributed by atoms with Gasteiger partial charge in [0.05, 0.1) is 39.9 Å². The maximum Gasteiger partial charge on any atom is 0.342 e. The molecule has 0 saturated carbocycles. The summed E-state index contributed by atoms with van der Waals surface area (Å²) in [4.78, 5) is 37.8. The molecule has 2 aromatic heterocycles. The molecule has 1 unspecified atom stereocenters. The first kappa shape index (κ1) is 34.6. The van der Waals surface area contributed by atoms with Crippen LogP contribution in [-0.4, -0.2) is 88.3 Å². The monoisotopic (exact) mass is 629 g/mol. The fourth-order valence-corrected chi connectivity index (χ4v) is 6.34. The van der Waals surface area contributed by atoms with Crippen LogP contribution in [0.25, 0.3) is 11.2 Å². The number of aromatic nitrogens is 4. The van der Waals surface area contributed by atoms with Crippen molar-refractivity contribution in [1.29, 1.82) is 0 Å². The van der Waals surface area contributed by atoms with Gasteiger partial charge in [0, 0.05) is 5.92 Å². The number of nitrogens with zero attached hydrogens (tertiary/aromatic N) is 4. The lowest BCUT2D eigenvalue weighted by Gasteiger charge is -2.30. The largest absolute Gasteiger partial charge is 0.479 e. The highest BCUT2D eigenvalue weighted by molar-refractivity contribution is 7.54. The molecule has 0 spiro atoms. The first-order chi connectivity index (χ1) is 20.0. The van der Waals surface area contributed by atoms with Gasteiger partial charge in [-0.2, -0.15) is 9.97 Å². The number of hydrogen-bond acceptors (Lipinski definition) is 13. The Morgan fingerprint density at radius 3 is 2.44 bits per heavy atom. The molecule has 1 fully saturated rings. The molecule has 1 aliphatic rings. The number of aliphatic hydroxyl groups is 1. The maximum atomic E-state index is 14.1. The van der Waals surface area contributed by atoms with E-state index in [0.29, 0.717) is 11.2 Å². The van der Waals surface area contributed by atoms with Crippen molar-refractivity contribution in [1.82, 2.24) is 29.7 Å². The number of aliphatic hydroxyl groups excluding tert-OH is 1. The normalized spacial score (nSPS) is 23.6. The van der Waals surface area contributed by atoms with E-state index in [-0.39, 0.29) is 36.4 Å². The van der Waals surface area contributed by atoms with Crippen LogP contribution >= 0.6 is 7.67 Å². The summed E-state index contributed by atoms with van der Waals surface area (Å²) in [7, 11) is -1.53. The van der Waals surface area contributed by atoms with Gasteiger partial charge in [0.1, 0.15) is 24.4 Å². The lowest BCUT2D eigenvalue weighted by atomic mass is 9.99. The van der Waals surface area contributed by atoms with E-state index < -0.39 is 56.0 Å². The van der Waals surface area contributed by atoms with E-state index in [1.165, 1.54) is 27.5 Å². The fraction of sp³-hybridized carbons (Fsp3) is 0.731. The Bertz CT molecular complexity index is 1330. The Kier molecular flexibility index (Phi) is 11.1. The van der Waals surface area contributed by atoms with Gasteiger partial charge >= 0.3 is 19.6 Å². The van der Waals surface area contributed by atoms with Crippen molar-refractivity contribution in [2.75, 3.05) is 33.2 Å². The molecule has 3 rings (SSSR count). The second-order valence-electron chi connectivity index (χ2n) is 12.1. The molecule has 16 nitrogen and oxygen atoms in total. The number of carbonyl (C=O) groups excluding carboxylic acids is 2. The van der Waals surface area contributed by atoms with Crippen LogP contribution < -0.4 is 20.6 Å². The van der Waals surface area contributed by atoms with Gasteiger partial charge in [-0.25, -0.2) is 15.2 Å². The van der Waals surface area contributed by atoms with Crippen LogP contribution in [0.3, 0.4) is 0 Å². The number of hydrogen-bond donors (Lipinski definition) is 4. The minimum Gasteiger partial charge on any atom is -0.479 e. The Balaban J connectivity index is 1.82. The van der Waals surface area contributed by atoms with Crippen molar-refractivity contribution in [2.45, 2.75) is 79.0 Å². The molecule has 5 N–H and O–H groups in total. The standard InChI is InChI=1S/C26H44N7O9P/c1-13(2)17(24(36)39-9)32-43(37,31-15(4)23(35)40-11-26(5,6)7)41-10-16-19(34)14(3)22(42-16)33-12-28-18-20(33)29-25(27)30-21(18)38-8/h12-17,19,22,34H,10-11H2,1-9H3,(H2,27,29,30)(H2,31,32,37)/t14-,15-,16+,17-,19-,22+,43?/m0/s1. The van der Waals surface area contributed by atoms with Gasteiger partial charge in [-0.1, -0.05) is 41.5 Å². The summed E-state index contributed by atoms with van der Waals surface area (Å²) in [6.07, 6.45) is -1.31. The average Bonchev–Trinajstić information content (AvgIpc) is 3.47. The Hall–Kier alpha value is -2.88. The molecule has 1 aliphatic heterocycles. The van der Waals surface area contributed by atoms with Gasteiger partial charge in [0.15, 0.2) is 11.2 Å². The third-order valence-electron chi connectivity index (χ3n) is 6.77. The number of carbonyl (C=O) groups is 2. The fourth-order valence-electron chi connectivity index (χ4n) is 4.38. The van der Waals surface area contributed by atoms with Gasteiger partial charge in [-0.05, 0) is 18.3 Å². The van der Waals surface area contributed by atoms with Gasteiger partial charge in [0.25, 0.3) is 0 Å². The number of rotatable bonds is 13. The number of imidazole rings is 1. The number of ether oxygens (including phenoxy) is 4. The van der Waals surface area contributed by atoms with Crippen molar-refractivity contribution >= 4 is 36.7 Å². The van der Waals surface area contributed by atoms with E-state index in [4.69, 9.17) is 29.2 Å². The van der Waals surface area contributed by atoms with E-state index in [9.17, 15) is 19.3 Å². The van der Waals surface area contributed by atoms with Crippen molar-refractivity contribution < 1.29 is 42.7 Å². The van der Waals surface area contributed by atoms with Gasteiger partial charge in [-0.3, -0.25) is 18.7 Å². The predicted molar refractivity (Wildman–Crippen MR) is 156 cm³/mol. The minimum atomic E-state index is -4.17. The van der Waals surface area contributed by atoms with Crippen molar-refractivity contribution in [2.24, 2.45) is 17.3 Å². The first-order valence-corrected chi connectivity index (χ1v) is 15.5. The van der Waals surface area contributed by atoms with E-state index in [0.717, 1.165) is 0 Å². The molecule has 0 radical (unpaired) electrons. The second kappa shape index (κ2) is 13.8. The first-order valence-electron chi connectivity index (χ1n) is 13.9. The third-order valence-corrected chi connectivity index (χ3v) is 8.63. The summed E-state index contributed by atoms with van der Waals surface area (Å²) < 4.78 is 43.2. The number of esters is 2. The van der Waals surface area contributed by atoms with Crippen LogP contribution in [0, 0.1) is 17.3 Å². The van der Waals surface area contributed by atoms with E-state index in [1.807, 2.05) is 20.8 Å². The highest BCUT2D eigenvalue weighted by Crippen LogP contribution is 2.43. The number of fused-ring (bicyclic) bond motifs is 1. The molecular weight excluding hydrogens is 585 g/mol. The maximum absolute atomic E-state index is 14.1. The molecule has 0 bridgehead atoms. The molecule has 17 heteroatoms. The summed E-state index contributed by atoms with van der Waals surface area (Å²) in [5.74, 6) is -2.01. The average molecular weight is 630 g/mol. The number of anilines is 1. The molecule has 3 heterocycles. The van der Waals surface area contributed by atoms with Crippen LogP contribution in [0.2, 0.25) is 0 Å². The van der Waals surface area contributed by atoms with E-state index in [2.05, 4.69) is 25.1 Å². The lowest BCUT2D eigenvalue weighted by Crippen LogP contribution is -2.46. The topological polar surface area (TPSA) is 211 Å². The summed E-state index contributed by atoms with van der Waals surface area (Å²) in [6, 6.07) is -2.12. The SMILES string of the molecule is COC(=O)[C@@H](NP(=O)(N[C@@H](C)C(=O)OCC(C)(C)C)OC[C@H]1O[C@@H](n2cnc3c(OC)nc(N)nc32)[C@@H](C)[C@@H]1O)C(C)C. The second-order valence-corrected chi connectivity index (χ2v) is 13.9. The van der Waals surface area contributed by atoms with Gasteiger partial charge in [0.2, 0.25) is 11.8 Å². The lowest BCUT2D eigenvalue weighted by molar-refractivity contribution is -0.148. The Morgan fingerprint density at radius 2 is 1.86 bits per heavy atom. The Morgan fingerprint density at radius 1 is 1.19 bits per heavy atom. The molecule has 7 atom stereocenters. The molecule has 1 saturated heterocycles. The number of methoxy groups -OCH3 is 2. The summed E-state index contributed by atoms with van der Waals surface area (Å²) in [5.41, 5.74) is 6.25. The van der Waals surface area contributed by atoms with E-state index >= 15 is 0 Å². The van der Waals surface area contributed by atoms with Crippen molar-refractivity contribution in [3.05, 3.63) is 6.33 Å². The molecule has 0 aromatic carbocycles. The quantitative estimate of drug-likeness (QED) is 0.184. The molecular formula is C26H44N7O9P. The van der Waals surface area contributed by atoms with Crippen LogP contribution in [-0.2, 0) is 32.9 Å². The minimum absolute atomic E-state index is 0.0317. The van der Waals surface area contributed by atoms with Crippen molar-refractivity contribution in [3.8, 4) is 5.88 Å². The smallest absolute Gasteiger partial charge is 0.342 e. The van der Waals surface area contributed by atoms with Crippen LogP contribution in [0.5, 0.6) is 5.88 Å². The zero-order valence-corrected chi connectivity index (χ0v) is 27.0. The van der Waals surface area contributed by atoms with Crippen LogP contribution in [0.4, 0.5) is 5.95 Å². The van der Waals surface area contributed by atoms with Gasteiger partial charge < -0.3 is 34.3 Å². The van der Waals surface area contributed by atoms with Crippen molar-refractivity contribution in [3.63, 3.8) is 0 Å². The predicted octanol–water partition coefficient (Wildman–Crippen LogP) is 1.79.